The number of nitrogens with zero attached hydrogens (tertiary/aromatic N) is 1. The number of amides is 1. The Labute approximate surface area is 169 Å². The van der Waals surface area contributed by atoms with Gasteiger partial charge in [0.2, 0.25) is 5.91 Å². The predicted octanol–water partition coefficient (Wildman–Crippen LogP) is 3.37. The number of nitrogens with one attached hydrogen (secondary N) is 2. The number of carbonyl (C=O) groups is 1. The van der Waals surface area contributed by atoms with Gasteiger partial charge in [-0.1, -0.05) is 13.0 Å². The fraction of sp³-hybridized carbons (Fsp3) is 0.632. The molecule has 0 aliphatic carbocycles. The van der Waals surface area contributed by atoms with E-state index in [1.165, 1.54) is 6.07 Å². The Morgan fingerprint density at radius 2 is 1.96 bits per heavy atom. The predicted molar refractivity (Wildman–Crippen MR) is 110 cm³/mol. The van der Waals surface area contributed by atoms with Gasteiger partial charge >= 0.3 is 0 Å². The summed E-state index contributed by atoms with van der Waals surface area (Å²) in [5.74, 6) is 0.928. The number of piperidine rings is 1. The van der Waals surface area contributed by atoms with E-state index in [2.05, 4.69) is 17.6 Å². The molecule has 1 aromatic rings. The van der Waals surface area contributed by atoms with Crippen molar-refractivity contribution in [3.8, 4) is 0 Å². The van der Waals surface area contributed by atoms with Gasteiger partial charge in [0.25, 0.3) is 0 Å². The second-order valence-electron chi connectivity index (χ2n) is 7.21. The topological polar surface area (TPSA) is 44.4 Å². The third-order valence-corrected chi connectivity index (χ3v) is 4.78. The van der Waals surface area contributed by atoms with Gasteiger partial charge in [-0.25, -0.2) is 4.39 Å². The van der Waals surface area contributed by atoms with E-state index in [1.54, 1.807) is 6.07 Å². The lowest BCUT2D eigenvalue weighted by atomic mass is 9.84. The quantitative estimate of drug-likeness (QED) is 0.727. The van der Waals surface area contributed by atoms with Crippen LogP contribution in [0.2, 0.25) is 0 Å². The van der Waals surface area contributed by atoms with E-state index in [0.29, 0.717) is 36.9 Å². The Morgan fingerprint density at radius 1 is 1.31 bits per heavy atom. The number of halogens is 3. The molecule has 1 amide bonds. The first-order valence-corrected chi connectivity index (χ1v) is 8.85. The van der Waals surface area contributed by atoms with Gasteiger partial charge < -0.3 is 15.5 Å². The highest BCUT2D eigenvalue weighted by Crippen LogP contribution is 2.24. The molecule has 1 aliphatic rings. The molecule has 1 aromatic carbocycles. The molecule has 26 heavy (non-hydrogen) atoms. The van der Waals surface area contributed by atoms with Crippen molar-refractivity contribution in [3.05, 3.63) is 35.1 Å². The van der Waals surface area contributed by atoms with Gasteiger partial charge in [0.15, 0.2) is 0 Å². The number of benzene rings is 1. The summed E-state index contributed by atoms with van der Waals surface area (Å²) in [6.07, 6.45) is 2.87. The van der Waals surface area contributed by atoms with Gasteiger partial charge in [-0.15, -0.1) is 24.8 Å². The van der Waals surface area contributed by atoms with E-state index in [-0.39, 0.29) is 36.5 Å². The normalized spacial score (nSPS) is 15.7. The molecule has 0 spiro atoms. The molecular weight excluding hydrogens is 376 g/mol. The number of hydrogen-bond acceptors (Lipinski definition) is 3. The second-order valence-corrected chi connectivity index (χ2v) is 7.21. The molecule has 2 N–H and O–H groups in total. The minimum absolute atomic E-state index is 0. The van der Waals surface area contributed by atoms with E-state index in [9.17, 15) is 9.18 Å². The Bertz CT molecular complexity index is 552. The minimum atomic E-state index is -0.196. The highest BCUT2D eigenvalue weighted by molar-refractivity contribution is 5.85. The van der Waals surface area contributed by atoms with Crippen LogP contribution in [0.4, 0.5) is 4.39 Å². The average molecular weight is 408 g/mol. The molecule has 0 radical (unpaired) electrons. The van der Waals surface area contributed by atoms with E-state index in [4.69, 9.17) is 0 Å². The van der Waals surface area contributed by atoms with E-state index < -0.39 is 0 Å². The summed E-state index contributed by atoms with van der Waals surface area (Å²) in [5, 5.41) is 6.34. The van der Waals surface area contributed by atoms with Crippen molar-refractivity contribution in [2.75, 3.05) is 27.2 Å². The molecule has 4 nitrogen and oxygen atoms in total. The van der Waals surface area contributed by atoms with Crippen molar-refractivity contribution in [2.24, 2.45) is 11.8 Å². The number of carbonyl (C=O) groups excluding carboxylic acids is 1. The Kier molecular flexibility index (Phi) is 12.1. The van der Waals surface area contributed by atoms with Crippen LogP contribution in [0.15, 0.2) is 18.2 Å². The monoisotopic (exact) mass is 407 g/mol. The van der Waals surface area contributed by atoms with Gasteiger partial charge in [-0.3, -0.25) is 4.79 Å². The Morgan fingerprint density at radius 3 is 2.58 bits per heavy atom. The molecule has 0 bridgehead atoms. The van der Waals surface area contributed by atoms with Crippen LogP contribution in [0.25, 0.3) is 0 Å². The maximum absolute atomic E-state index is 13.8. The molecular formula is C19H32Cl2FN3O. The highest BCUT2D eigenvalue weighted by atomic mass is 35.5. The van der Waals surface area contributed by atoms with Crippen molar-refractivity contribution in [2.45, 2.75) is 39.3 Å². The Balaban J connectivity index is 0.00000312. The molecule has 1 atom stereocenters. The molecule has 0 saturated carbocycles. The van der Waals surface area contributed by atoms with Crippen LogP contribution < -0.4 is 10.6 Å². The average Bonchev–Trinajstić information content (AvgIpc) is 2.56. The van der Waals surface area contributed by atoms with Crippen LogP contribution in [-0.4, -0.2) is 38.0 Å². The second kappa shape index (κ2) is 12.5. The number of rotatable bonds is 7. The first-order chi connectivity index (χ1) is 11.5. The maximum atomic E-state index is 13.8. The van der Waals surface area contributed by atoms with Gasteiger partial charge in [-0.05, 0) is 69.6 Å². The van der Waals surface area contributed by atoms with E-state index >= 15 is 0 Å². The van der Waals surface area contributed by atoms with Crippen molar-refractivity contribution in [1.82, 2.24) is 15.5 Å². The van der Waals surface area contributed by atoms with Crippen LogP contribution in [0.3, 0.4) is 0 Å². The van der Waals surface area contributed by atoms with Crippen molar-refractivity contribution in [1.29, 1.82) is 0 Å². The molecule has 1 unspecified atom stereocenters. The molecule has 0 aromatic heterocycles. The van der Waals surface area contributed by atoms with Crippen LogP contribution in [0, 0.1) is 17.7 Å². The third-order valence-electron chi connectivity index (χ3n) is 4.78. The minimum Gasteiger partial charge on any atom is -0.352 e. The summed E-state index contributed by atoms with van der Waals surface area (Å²) >= 11 is 0. The summed E-state index contributed by atoms with van der Waals surface area (Å²) in [6.45, 7) is 5.29. The van der Waals surface area contributed by atoms with E-state index in [1.807, 2.05) is 25.1 Å². The van der Waals surface area contributed by atoms with Crippen LogP contribution in [0.1, 0.15) is 37.3 Å². The van der Waals surface area contributed by atoms with Crippen LogP contribution >= 0.6 is 24.8 Å². The zero-order valence-electron chi connectivity index (χ0n) is 15.9. The smallest absolute Gasteiger partial charge is 0.220 e. The Hall–Kier alpha value is -0.880. The molecule has 1 saturated heterocycles. The first-order valence-electron chi connectivity index (χ1n) is 8.85. The van der Waals surface area contributed by atoms with Crippen molar-refractivity contribution in [3.63, 3.8) is 0 Å². The van der Waals surface area contributed by atoms with Gasteiger partial charge in [0.05, 0.1) is 0 Å². The summed E-state index contributed by atoms with van der Waals surface area (Å²) in [4.78, 5) is 14.1. The van der Waals surface area contributed by atoms with Crippen LogP contribution in [-0.2, 0) is 17.9 Å². The standard InChI is InChI=1S/C19H30FN3O.2ClH/c1-14(16-6-8-21-9-7-16)10-19(24)22-12-15-4-5-18(20)17(11-15)13-23(2)3;;/h4-5,11,14,16,21H,6-10,12-13H2,1-3H3,(H,22,24);2*1H. The fourth-order valence-corrected chi connectivity index (χ4v) is 3.35. The van der Waals surface area contributed by atoms with Crippen LogP contribution in [0.5, 0.6) is 0 Å². The summed E-state index contributed by atoms with van der Waals surface area (Å²) < 4.78 is 13.8. The lowest BCUT2D eigenvalue weighted by molar-refractivity contribution is -0.122. The lowest BCUT2D eigenvalue weighted by Gasteiger charge is -2.27. The maximum Gasteiger partial charge on any atom is 0.220 e. The molecule has 2 rings (SSSR count). The highest BCUT2D eigenvalue weighted by Gasteiger charge is 2.21. The summed E-state index contributed by atoms with van der Waals surface area (Å²) in [5.41, 5.74) is 1.60. The number of hydrogen-bond donors (Lipinski definition) is 2. The SMILES string of the molecule is CC(CC(=O)NCc1ccc(F)c(CN(C)C)c1)C1CCNCC1.Cl.Cl. The largest absolute Gasteiger partial charge is 0.352 e. The fourth-order valence-electron chi connectivity index (χ4n) is 3.35. The van der Waals surface area contributed by atoms with E-state index in [0.717, 1.165) is 31.5 Å². The van der Waals surface area contributed by atoms with Crippen molar-refractivity contribution >= 4 is 30.7 Å². The first kappa shape index (κ1) is 25.1. The summed E-state index contributed by atoms with van der Waals surface area (Å²) in [7, 11) is 3.83. The van der Waals surface area contributed by atoms with Crippen molar-refractivity contribution < 1.29 is 9.18 Å². The molecule has 1 fully saturated rings. The molecule has 7 heteroatoms. The van der Waals surface area contributed by atoms with Gasteiger partial charge in [0, 0.05) is 25.1 Å². The zero-order chi connectivity index (χ0) is 17.5. The lowest BCUT2D eigenvalue weighted by Crippen LogP contribution is -2.33. The summed E-state index contributed by atoms with van der Waals surface area (Å²) in [6, 6.07) is 5.06. The molecule has 150 valence electrons. The molecule has 1 heterocycles. The van der Waals surface area contributed by atoms with Gasteiger partial charge in [-0.2, -0.15) is 0 Å². The third kappa shape index (κ3) is 8.21. The van der Waals surface area contributed by atoms with Gasteiger partial charge in [0.1, 0.15) is 5.82 Å². The zero-order valence-corrected chi connectivity index (χ0v) is 17.5. The molecule has 1 aliphatic heterocycles.